The number of fused-ring (bicyclic) bond motifs is 1. The zero-order valence-electron chi connectivity index (χ0n) is 9.70. The van der Waals surface area contributed by atoms with Gasteiger partial charge in [0.25, 0.3) is 0 Å². The summed E-state index contributed by atoms with van der Waals surface area (Å²) in [5, 5.41) is 0. The molecule has 0 N–H and O–H groups in total. The van der Waals surface area contributed by atoms with Gasteiger partial charge in [0.05, 0.1) is 11.9 Å². The molecule has 0 radical (unpaired) electrons. The Morgan fingerprint density at radius 1 is 1.27 bits per heavy atom. The summed E-state index contributed by atoms with van der Waals surface area (Å²) >= 11 is 0. The molecule has 0 spiro atoms. The number of benzene rings is 1. The van der Waals surface area contributed by atoms with E-state index in [2.05, 4.69) is 54.9 Å². The van der Waals surface area contributed by atoms with E-state index in [1.165, 1.54) is 11.3 Å². The van der Waals surface area contributed by atoms with Gasteiger partial charge >= 0.3 is 0 Å². The summed E-state index contributed by atoms with van der Waals surface area (Å²) in [5.41, 5.74) is 2.75. The van der Waals surface area contributed by atoms with Crippen molar-refractivity contribution in [2.24, 2.45) is 4.99 Å². The third kappa shape index (κ3) is 2.38. The van der Waals surface area contributed by atoms with Gasteiger partial charge in [0.2, 0.25) is 0 Å². The van der Waals surface area contributed by atoms with E-state index >= 15 is 0 Å². The maximum Gasteiger partial charge on any atom is 0.0901 e. The lowest BCUT2D eigenvalue weighted by Crippen LogP contribution is -2.21. The highest BCUT2D eigenvalue weighted by molar-refractivity contribution is 5.82. The molecule has 0 bridgehead atoms. The number of nitrogens with zero attached hydrogens (tertiary/aromatic N) is 2. The van der Waals surface area contributed by atoms with Gasteiger partial charge in [-0.3, -0.25) is 4.99 Å². The van der Waals surface area contributed by atoms with Gasteiger partial charge in [0.1, 0.15) is 0 Å². The average molecular weight is 202 g/mol. The van der Waals surface area contributed by atoms with E-state index in [0.29, 0.717) is 0 Å². The summed E-state index contributed by atoms with van der Waals surface area (Å²) in [4.78, 5) is 6.78. The Labute approximate surface area is 91.6 Å². The van der Waals surface area contributed by atoms with Crippen molar-refractivity contribution in [2.75, 3.05) is 11.4 Å². The molecule has 1 aliphatic rings. The predicted molar refractivity (Wildman–Crippen MR) is 65.7 cm³/mol. The SMILES string of the molecule is CC(C)(C)N=CN1CCc2ccccc21. The van der Waals surface area contributed by atoms with Gasteiger partial charge in [-0.05, 0) is 38.8 Å². The van der Waals surface area contributed by atoms with Gasteiger partial charge in [-0.25, -0.2) is 0 Å². The van der Waals surface area contributed by atoms with E-state index in [1.54, 1.807) is 0 Å². The van der Waals surface area contributed by atoms with E-state index in [4.69, 9.17) is 0 Å². The molecule has 2 rings (SSSR count). The minimum atomic E-state index is 0.0114. The van der Waals surface area contributed by atoms with Crippen LogP contribution in [-0.4, -0.2) is 18.4 Å². The molecule has 15 heavy (non-hydrogen) atoms. The predicted octanol–water partition coefficient (Wildman–Crippen LogP) is 2.88. The molecule has 0 amide bonds. The van der Waals surface area contributed by atoms with Crippen molar-refractivity contribution >= 4 is 12.0 Å². The first-order valence-electron chi connectivity index (χ1n) is 5.46. The van der Waals surface area contributed by atoms with Crippen LogP contribution in [0.25, 0.3) is 0 Å². The van der Waals surface area contributed by atoms with E-state index in [0.717, 1.165) is 13.0 Å². The second-order valence-corrected chi connectivity index (χ2v) is 4.99. The van der Waals surface area contributed by atoms with Gasteiger partial charge in [0, 0.05) is 12.2 Å². The van der Waals surface area contributed by atoms with E-state index < -0.39 is 0 Å². The third-order valence-corrected chi connectivity index (χ3v) is 2.51. The highest BCUT2D eigenvalue weighted by Crippen LogP contribution is 2.26. The molecule has 0 unspecified atom stereocenters. The van der Waals surface area contributed by atoms with Crippen LogP contribution in [0.4, 0.5) is 5.69 Å². The Balaban J connectivity index is 2.18. The summed E-state index contributed by atoms with van der Waals surface area (Å²) in [6, 6.07) is 8.54. The standard InChI is InChI=1S/C13H18N2/c1-13(2,3)14-10-15-9-8-11-6-4-5-7-12(11)15/h4-7,10H,8-9H2,1-3H3. The molecular weight excluding hydrogens is 184 g/mol. The quantitative estimate of drug-likeness (QED) is 0.505. The van der Waals surface area contributed by atoms with Crippen molar-refractivity contribution < 1.29 is 0 Å². The first-order valence-corrected chi connectivity index (χ1v) is 5.46. The fourth-order valence-electron chi connectivity index (χ4n) is 1.73. The van der Waals surface area contributed by atoms with Crippen LogP contribution >= 0.6 is 0 Å². The van der Waals surface area contributed by atoms with Crippen molar-refractivity contribution in [3.05, 3.63) is 29.8 Å². The number of anilines is 1. The molecule has 0 fully saturated rings. The van der Waals surface area contributed by atoms with E-state index in [1.807, 2.05) is 6.34 Å². The number of para-hydroxylation sites is 1. The summed E-state index contributed by atoms with van der Waals surface area (Å²) < 4.78 is 0. The summed E-state index contributed by atoms with van der Waals surface area (Å²) in [5.74, 6) is 0. The van der Waals surface area contributed by atoms with E-state index in [9.17, 15) is 0 Å². The Morgan fingerprint density at radius 3 is 2.73 bits per heavy atom. The highest BCUT2D eigenvalue weighted by atomic mass is 15.2. The minimum absolute atomic E-state index is 0.0114. The zero-order valence-corrected chi connectivity index (χ0v) is 9.70. The third-order valence-electron chi connectivity index (χ3n) is 2.51. The Kier molecular flexibility index (Phi) is 2.51. The van der Waals surface area contributed by atoms with Crippen LogP contribution in [0.3, 0.4) is 0 Å². The van der Waals surface area contributed by atoms with Gasteiger partial charge in [-0.15, -0.1) is 0 Å². The number of hydrogen-bond donors (Lipinski definition) is 0. The lowest BCUT2D eigenvalue weighted by atomic mass is 10.1. The Hall–Kier alpha value is -1.31. The van der Waals surface area contributed by atoms with Crippen LogP contribution in [0.5, 0.6) is 0 Å². The number of hydrogen-bond acceptors (Lipinski definition) is 1. The van der Waals surface area contributed by atoms with Crippen LogP contribution in [0.2, 0.25) is 0 Å². The molecule has 1 aromatic carbocycles. The summed E-state index contributed by atoms with van der Waals surface area (Å²) in [7, 11) is 0. The number of aliphatic imine (C=N–C) groups is 1. The summed E-state index contributed by atoms with van der Waals surface area (Å²) in [6.45, 7) is 7.40. The minimum Gasteiger partial charge on any atom is -0.332 e. The second kappa shape index (κ2) is 3.69. The zero-order chi connectivity index (χ0) is 10.9. The lowest BCUT2D eigenvalue weighted by molar-refractivity contribution is 0.585. The van der Waals surface area contributed by atoms with Gasteiger partial charge in [-0.2, -0.15) is 0 Å². The maximum atomic E-state index is 4.54. The fraction of sp³-hybridized carbons (Fsp3) is 0.462. The highest BCUT2D eigenvalue weighted by Gasteiger charge is 2.17. The molecule has 1 aromatic rings. The van der Waals surface area contributed by atoms with Gasteiger partial charge < -0.3 is 4.90 Å². The van der Waals surface area contributed by atoms with E-state index in [-0.39, 0.29) is 5.54 Å². The molecule has 0 aliphatic carbocycles. The van der Waals surface area contributed by atoms with Crippen molar-refractivity contribution in [3.8, 4) is 0 Å². The van der Waals surface area contributed by atoms with Crippen molar-refractivity contribution in [3.63, 3.8) is 0 Å². The molecule has 1 heterocycles. The van der Waals surface area contributed by atoms with Crippen LogP contribution in [-0.2, 0) is 6.42 Å². The van der Waals surface area contributed by atoms with Gasteiger partial charge in [-0.1, -0.05) is 18.2 Å². The van der Waals surface area contributed by atoms with Crippen molar-refractivity contribution in [1.82, 2.24) is 0 Å². The van der Waals surface area contributed by atoms with Crippen LogP contribution in [0.15, 0.2) is 29.3 Å². The van der Waals surface area contributed by atoms with Crippen LogP contribution < -0.4 is 4.90 Å². The van der Waals surface area contributed by atoms with Gasteiger partial charge in [0.15, 0.2) is 0 Å². The van der Waals surface area contributed by atoms with Crippen molar-refractivity contribution in [1.29, 1.82) is 0 Å². The molecule has 0 saturated carbocycles. The number of rotatable bonds is 1. The topological polar surface area (TPSA) is 15.6 Å². The molecule has 0 atom stereocenters. The molecule has 0 saturated heterocycles. The molecule has 2 heteroatoms. The van der Waals surface area contributed by atoms with Crippen molar-refractivity contribution in [2.45, 2.75) is 32.7 Å². The average Bonchev–Trinajstić information content (AvgIpc) is 2.57. The summed E-state index contributed by atoms with van der Waals surface area (Å²) in [6.07, 6.45) is 3.11. The Morgan fingerprint density at radius 2 is 2.00 bits per heavy atom. The molecule has 2 nitrogen and oxygen atoms in total. The Bertz CT molecular complexity index is 374. The first kappa shape index (κ1) is 10.2. The lowest BCUT2D eigenvalue weighted by Gasteiger charge is -2.17. The molecule has 0 aromatic heterocycles. The maximum absolute atomic E-state index is 4.54. The largest absolute Gasteiger partial charge is 0.332 e. The van der Waals surface area contributed by atoms with Crippen LogP contribution in [0, 0.1) is 0 Å². The molecular formula is C13H18N2. The normalized spacial score (nSPS) is 16.1. The molecule has 1 aliphatic heterocycles. The fourth-order valence-corrected chi connectivity index (χ4v) is 1.73. The smallest absolute Gasteiger partial charge is 0.0901 e. The molecule has 80 valence electrons. The van der Waals surface area contributed by atoms with Crippen LogP contribution in [0.1, 0.15) is 26.3 Å². The monoisotopic (exact) mass is 202 g/mol. The second-order valence-electron chi connectivity index (χ2n) is 4.99. The first-order chi connectivity index (χ1) is 7.06.